The molecular weight excluding hydrogens is 649 g/mol. The second-order valence-corrected chi connectivity index (χ2v) is 14.8. The Balaban J connectivity index is 1.52. The summed E-state index contributed by atoms with van der Waals surface area (Å²) in [5.41, 5.74) is 4.72. The maximum atomic E-state index is 14.2. The fraction of sp³-hybridized carbons (Fsp3) is 0.567. The number of aliphatic hydroxyl groups excluding tert-OH is 1. The van der Waals surface area contributed by atoms with E-state index in [9.17, 15) is 24.4 Å². The zero-order chi connectivity index (χ0) is 35.4. The van der Waals surface area contributed by atoms with E-state index in [0.717, 1.165) is 5.56 Å². The maximum Gasteiger partial charge on any atom is 0.342 e. The predicted octanol–water partition coefficient (Wildman–Crippen LogP) is 1.84. The second-order valence-electron chi connectivity index (χ2n) is 12.9. The van der Waals surface area contributed by atoms with E-state index in [1.165, 1.54) is 38.8 Å². The topological polar surface area (TPSA) is 231 Å². The van der Waals surface area contributed by atoms with E-state index in [-0.39, 0.29) is 41.6 Å². The lowest BCUT2D eigenvalue weighted by Gasteiger charge is -2.28. The van der Waals surface area contributed by atoms with Crippen LogP contribution >= 0.6 is 7.67 Å². The maximum absolute atomic E-state index is 14.2. The molecule has 48 heavy (non-hydrogen) atoms. The van der Waals surface area contributed by atoms with Gasteiger partial charge in [-0.05, 0) is 31.7 Å². The molecule has 0 amide bonds. The third-order valence-electron chi connectivity index (χ3n) is 7.33. The largest absolute Gasteiger partial charge is 0.479 e. The number of esters is 2. The molecule has 1 fully saturated rings. The van der Waals surface area contributed by atoms with Gasteiger partial charge in [0.25, 0.3) is 0 Å². The molecule has 0 bridgehead atoms. The predicted molar refractivity (Wildman–Crippen MR) is 172 cm³/mol. The minimum Gasteiger partial charge on any atom is -0.479 e. The molecule has 264 valence electrons. The first-order valence-electron chi connectivity index (χ1n) is 15.2. The summed E-state index contributed by atoms with van der Waals surface area (Å²) in [6.07, 6.45) is -2.78. The van der Waals surface area contributed by atoms with Crippen LogP contribution in [0, 0.1) is 5.41 Å². The van der Waals surface area contributed by atoms with Crippen molar-refractivity contribution >= 4 is 36.7 Å². The summed E-state index contributed by atoms with van der Waals surface area (Å²) in [6, 6.07) is 6.67. The van der Waals surface area contributed by atoms with E-state index in [1.54, 1.807) is 24.3 Å². The molecule has 0 radical (unpaired) electrons. The minimum absolute atomic E-state index is 0.0240. The lowest BCUT2D eigenvalue weighted by atomic mass is 9.96. The Morgan fingerprint density at radius 1 is 1.12 bits per heavy atom. The molecule has 2 aromatic heterocycles. The second kappa shape index (κ2) is 14.8. The Morgan fingerprint density at radius 2 is 1.75 bits per heavy atom. The third kappa shape index (κ3) is 8.85. The van der Waals surface area contributed by atoms with Crippen LogP contribution in [0.25, 0.3) is 11.2 Å². The number of nitrogens with one attached hydrogen (secondary N) is 2. The molecule has 7 atom stereocenters. The van der Waals surface area contributed by atoms with Crippen LogP contribution in [0.1, 0.15) is 53.3 Å². The Morgan fingerprint density at radius 3 is 2.35 bits per heavy atom. The number of carbonyl (C=O) groups is 2. The molecule has 4 rings (SSSR count). The molecular formula is C30H44N7O10P. The number of hydrogen-bond acceptors (Lipinski definition) is 14. The number of aromatic nitrogens is 4. The number of imidazole rings is 1. The van der Waals surface area contributed by atoms with Crippen molar-refractivity contribution < 1.29 is 47.8 Å². The van der Waals surface area contributed by atoms with Gasteiger partial charge in [-0.2, -0.15) is 9.97 Å². The highest BCUT2D eigenvalue weighted by Crippen LogP contribution is 2.44. The fourth-order valence-electron chi connectivity index (χ4n) is 4.77. The molecule has 1 aromatic carbocycles. The summed E-state index contributed by atoms with van der Waals surface area (Å²) in [5.74, 6) is -1.47. The van der Waals surface area contributed by atoms with Crippen molar-refractivity contribution in [2.45, 2.75) is 84.3 Å². The Hall–Kier alpha value is -3.70. The molecule has 3 aromatic rings. The Labute approximate surface area is 278 Å². The van der Waals surface area contributed by atoms with Crippen LogP contribution in [0.3, 0.4) is 0 Å². The summed E-state index contributed by atoms with van der Waals surface area (Å²) in [4.78, 5) is 38.1. The summed E-state index contributed by atoms with van der Waals surface area (Å²) >= 11 is 0. The van der Waals surface area contributed by atoms with Gasteiger partial charge in [0.2, 0.25) is 11.8 Å². The fourth-order valence-corrected chi connectivity index (χ4v) is 6.58. The molecule has 6 N–H and O–H groups in total. The van der Waals surface area contributed by atoms with Crippen LogP contribution in [0.2, 0.25) is 0 Å². The zero-order valence-corrected chi connectivity index (χ0v) is 28.8. The van der Waals surface area contributed by atoms with E-state index in [1.807, 2.05) is 26.8 Å². The van der Waals surface area contributed by atoms with Crippen LogP contribution < -0.4 is 20.6 Å². The summed E-state index contributed by atoms with van der Waals surface area (Å²) in [6.45, 7) is 9.35. The van der Waals surface area contributed by atoms with Crippen molar-refractivity contribution in [2.75, 3.05) is 26.1 Å². The quantitative estimate of drug-likeness (QED) is 0.120. The molecule has 0 aliphatic carbocycles. The van der Waals surface area contributed by atoms with Gasteiger partial charge in [0.05, 0.1) is 26.7 Å². The van der Waals surface area contributed by atoms with Crippen molar-refractivity contribution in [3.05, 3.63) is 42.2 Å². The number of nitrogen functional groups attached to an aromatic ring is 1. The normalized spacial score (nSPS) is 23.7. The van der Waals surface area contributed by atoms with Crippen LogP contribution in [0.15, 0.2) is 36.7 Å². The minimum atomic E-state index is -4.30. The molecule has 7 unspecified atom stereocenters. The number of nitrogens with two attached hydrogens (primary N) is 1. The van der Waals surface area contributed by atoms with Crippen molar-refractivity contribution in [3.8, 4) is 5.88 Å². The number of benzene rings is 1. The lowest BCUT2D eigenvalue weighted by Crippen LogP contribution is -2.45. The molecule has 1 saturated heterocycles. The van der Waals surface area contributed by atoms with E-state index in [2.05, 4.69) is 25.1 Å². The molecule has 1 aliphatic rings. The molecule has 18 heteroatoms. The number of carbonyl (C=O) groups excluding carboxylic acids is 2. The van der Waals surface area contributed by atoms with Crippen molar-refractivity contribution in [3.63, 3.8) is 0 Å². The summed E-state index contributed by atoms with van der Waals surface area (Å²) < 4.78 is 43.3. The smallest absolute Gasteiger partial charge is 0.342 e. The van der Waals surface area contributed by atoms with Gasteiger partial charge < -0.3 is 39.4 Å². The highest BCUT2D eigenvalue weighted by Gasteiger charge is 2.54. The van der Waals surface area contributed by atoms with Gasteiger partial charge in [-0.25, -0.2) is 15.2 Å². The van der Waals surface area contributed by atoms with E-state index in [4.69, 9.17) is 29.2 Å². The number of fused-ring (bicyclic) bond motifs is 1. The van der Waals surface area contributed by atoms with Gasteiger partial charge in [0.15, 0.2) is 17.4 Å². The van der Waals surface area contributed by atoms with E-state index in [0.29, 0.717) is 0 Å². The van der Waals surface area contributed by atoms with E-state index >= 15 is 0 Å². The molecule has 3 heterocycles. The number of nitrogens with zero attached hydrogens (tertiary/aromatic N) is 4. The zero-order valence-electron chi connectivity index (χ0n) is 27.9. The first-order chi connectivity index (χ1) is 22.4. The van der Waals surface area contributed by atoms with Crippen LogP contribution in [0.4, 0.5) is 5.95 Å². The summed E-state index contributed by atoms with van der Waals surface area (Å²) in [5, 5.41) is 27.7. The molecule has 17 nitrogen and oxygen atoms in total. The molecule has 1 aliphatic heterocycles. The monoisotopic (exact) mass is 693 g/mol. The molecule has 0 spiro atoms. The Bertz CT molecular complexity index is 1630. The lowest BCUT2D eigenvalue weighted by molar-refractivity contribution is -0.148. The SMILES string of the molecule is COc1nc(N)nc2c1ncn2C1OC(COP(=O)(NC(C)C(=O)OCc2ccccc2)NC(C)C(=O)OCC(C)(C)C)C(O)C1(C)O. The number of rotatable bonds is 14. The highest BCUT2D eigenvalue weighted by atomic mass is 31.2. The average Bonchev–Trinajstić information content (AvgIpc) is 3.53. The number of aliphatic hydroxyl groups is 2. The van der Waals surface area contributed by atoms with Gasteiger partial charge in [0.1, 0.15) is 36.5 Å². The number of ether oxygens (including phenoxy) is 4. The van der Waals surface area contributed by atoms with Crippen molar-refractivity contribution in [1.29, 1.82) is 0 Å². The average molecular weight is 694 g/mol. The number of anilines is 1. The summed E-state index contributed by atoms with van der Waals surface area (Å²) in [7, 11) is -2.92. The van der Waals surface area contributed by atoms with E-state index < -0.39 is 62.3 Å². The van der Waals surface area contributed by atoms with Crippen LogP contribution in [0.5, 0.6) is 5.88 Å². The first kappa shape index (κ1) is 37.1. The van der Waals surface area contributed by atoms with Gasteiger partial charge in [0, 0.05) is 0 Å². The molecule has 0 saturated carbocycles. The van der Waals surface area contributed by atoms with Crippen LogP contribution in [-0.2, 0) is 39.5 Å². The first-order valence-corrected chi connectivity index (χ1v) is 16.8. The standard InChI is InChI=1S/C30H44N7O10P/c1-17(25(39)44-13-19-11-9-8-10-12-19)35-48(42,36-18(2)26(40)45-15-29(3,4)5)46-14-20-22(38)30(6,41)27(47-20)37-16-32-21-23(37)33-28(31)34-24(21)43-7/h8-12,16-18,20,22,27,38,41H,13-15H2,1-7H3,(H2,31,33,34)(H2,35,36,42). The van der Waals surface area contributed by atoms with Crippen molar-refractivity contribution in [2.24, 2.45) is 5.41 Å². The van der Waals surface area contributed by atoms with Gasteiger partial charge in [-0.1, -0.05) is 51.1 Å². The number of hydrogen-bond donors (Lipinski definition) is 5. The van der Waals surface area contributed by atoms with Crippen molar-refractivity contribution in [1.82, 2.24) is 29.7 Å². The van der Waals surface area contributed by atoms with Gasteiger partial charge >= 0.3 is 19.6 Å². The van der Waals surface area contributed by atoms with Gasteiger partial charge in [-0.3, -0.25) is 18.7 Å². The number of methoxy groups -OCH3 is 1. The van der Waals surface area contributed by atoms with Gasteiger partial charge in [-0.15, -0.1) is 0 Å². The highest BCUT2D eigenvalue weighted by molar-refractivity contribution is 7.54. The van der Waals surface area contributed by atoms with Crippen LogP contribution in [-0.4, -0.2) is 91.9 Å². The Kier molecular flexibility index (Phi) is 11.5. The third-order valence-corrected chi connectivity index (χ3v) is 9.30.